The number of thiophene rings is 1. The van der Waals surface area contributed by atoms with E-state index in [2.05, 4.69) is 10.0 Å². The van der Waals surface area contributed by atoms with Gasteiger partial charge in [0.25, 0.3) is 0 Å². The molecule has 0 aliphatic rings. The highest BCUT2D eigenvalue weighted by atomic mass is 32.2. The van der Waals surface area contributed by atoms with E-state index in [1.54, 1.807) is 6.07 Å². The molecule has 16 heavy (non-hydrogen) atoms. The lowest BCUT2D eigenvalue weighted by atomic mass is 10.3. The molecule has 0 atom stereocenters. The van der Waals surface area contributed by atoms with Gasteiger partial charge in [0, 0.05) is 17.5 Å². The number of nitrogens with one attached hydrogen (secondary N) is 2. The predicted molar refractivity (Wildman–Crippen MR) is 67.3 cm³/mol. The van der Waals surface area contributed by atoms with Crippen molar-refractivity contribution in [2.24, 2.45) is 0 Å². The van der Waals surface area contributed by atoms with Crippen molar-refractivity contribution in [3.05, 3.63) is 16.5 Å². The molecule has 92 valence electrons. The number of rotatable bonds is 5. The van der Waals surface area contributed by atoms with Crippen LogP contribution in [0.15, 0.2) is 10.3 Å². The highest BCUT2D eigenvalue weighted by Crippen LogP contribution is 2.25. The fourth-order valence-corrected chi connectivity index (χ4v) is 4.19. The van der Waals surface area contributed by atoms with E-state index in [-0.39, 0.29) is 6.04 Å². The molecule has 0 saturated heterocycles. The Kier molecular flexibility index (Phi) is 4.49. The van der Waals surface area contributed by atoms with Gasteiger partial charge in [-0.15, -0.1) is 11.3 Å². The van der Waals surface area contributed by atoms with Gasteiger partial charge in [0.2, 0.25) is 10.0 Å². The molecule has 0 aromatic carbocycles. The molecule has 0 unspecified atom stereocenters. The zero-order valence-electron chi connectivity index (χ0n) is 9.99. The average Bonchev–Trinajstić information content (AvgIpc) is 2.47. The van der Waals surface area contributed by atoms with Crippen molar-refractivity contribution in [1.82, 2.24) is 10.0 Å². The Labute approximate surface area is 101 Å². The van der Waals surface area contributed by atoms with E-state index in [0.29, 0.717) is 10.8 Å². The zero-order chi connectivity index (χ0) is 12.3. The Morgan fingerprint density at radius 3 is 2.56 bits per heavy atom. The second kappa shape index (κ2) is 5.27. The number of hydrogen-bond acceptors (Lipinski definition) is 4. The summed E-state index contributed by atoms with van der Waals surface area (Å²) < 4.78 is 26.8. The van der Waals surface area contributed by atoms with Crippen molar-refractivity contribution >= 4 is 21.4 Å². The van der Waals surface area contributed by atoms with Gasteiger partial charge >= 0.3 is 0 Å². The second-order valence-corrected chi connectivity index (χ2v) is 7.06. The van der Waals surface area contributed by atoms with Gasteiger partial charge in [0.1, 0.15) is 4.21 Å². The van der Waals surface area contributed by atoms with Crippen LogP contribution in [0.4, 0.5) is 0 Å². The predicted octanol–water partition coefficient (Wildman–Crippen LogP) is 1.46. The Morgan fingerprint density at radius 2 is 2.06 bits per heavy atom. The third-order valence-corrected chi connectivity index (χ3v) is 5.36. The van der Waals surface area contributed by atoms with Gasteiger partial charge in [0.15, 0.2) is 0 Å². The van der Waals surface area contributed by atoms with Crippen molar-refractivity contribution in [3.8, 4) is 0 Å². The summed E-state index contributed by atoms with van der Waals surface area (Å²) in [6, 6.07) is 1.64. The molecule has 0 aliphatic carbocycles. The highest BCUT2D eigenvalue weighted by molar-refractivity contribution is 7.91. The molecule has 0 bridgehead atoms. The van der Waals surface area contributed by atoms with Gasteiger partial charge in [-0.1, -0.05) is 0 Å². The lowest BCUT2D eigenvalue weighted by molar-refractivity contribution is 0.572. The first-order chi connectivity index (χ1) is 7.36. The van der Waals surface area contributed by atoms with E-state index in [9.17, 15) is 8.42 Å². The summed E-state index contributed by atoms with van der Waals surface area (Å²) in [6.45, 7) is 6.25. The van der Waals surface area contributed by atoms with Crippen molar-refractivity contribution < 1.29 is 8.42 Å². The van der Waals surface area contributed by atoms with Crippen LogP contribution in [-0.2, 0) is 16.6 Å². The van der Waals surface area contributed by atoms with Crippen LogP contribution >= 0.6 is 11.3 Å². The van der Waals surface area contributed by atoms with E-state index in [1.807, 2.05) is 27.8 Å². The summed E-state index contributed by atoms with van der Waals surface area (Å²) in [5.41, 5.74) is 1.02. The Bertz CT molecular complexity index is 449. The minimum Gasteiger partial charge on any atom is -0.315 e. The Morgan fingerprint density at radius 1 is 1.44 bits per heavy atom. The fourth-order valence-electron chi connectivity index (χ4n) is 1.33. The number of aryl methyl sites for hydroxylation is 1. The Balaban J connectivity index is 3.01. The molecular weight excluding hydrogens is 244 g/mol. The molecule has 1 rings (SSSR count). The summed E-state index contributed by atoms with van der Waals surface area (Å²) in [4.78, 5) is 1.06. The molecular formula is C10H18N2O2S2. The molecule has 4 nitrogen and oxygen atoms in total. The lowest BCUT2D eigenvalue weighted by Crippen LogP contribution is -2.29. The second-order valence-electron chi connectivity index (χ2n) is 3.98. The quantitative estimate of drug-likeness (QED) is 0.844. The van der Waals surface area contributed by atoms with Crippen LogP contribution in [0.1, 0.15) is 24.3 Å². The van der Waals surface area contributed by atoms with Crippen molar-refractivity contribution in [2.45, 2.75) is 37.6 Å². The monoisotopic (exact) mass is 262 g/mol. The molecule has 0 spiro atoms. The molecule has 0 aliphatic heterocycles. The summed E-state index contributed by atoms with van der Waals surface area (Å²) in [5, 5.41) is 3.03. The van der Waals surface area contributed by atoms with Gasteiger partial charge in [0.05, 0.1) is 0 Å². The summed E-state index contributed by atoms with van der Waals surface area (Å²) in [6.07, 6.45) is 0. The van der Waals surface area contributed by atoms with Gasteiger partial charge in [-0.05, 0) is 39.4 Å². The molecule has 1 aromatic rings. The number of hydrogen-bond donors (Lipinski definition) is 2. The van der Waals surface area contributed by atoms with E-state index < -0.39 is 10.0 Å². The largest absolute Gasteiger partial charge is 0.315 e. The molecule has 6 heteroatoms. The van der Waals surface area contributed by atoms with Crippen LogP contribution in [0.2, 0.25) is 0 Å². The van der Waals surface area contributed by atoms with Crippen LogP contribution in [0.5, 0.6) is 0 Å². The summed E-state index contributed by atoms with van der Waals surface area (Å²) >= 11 is 1.32. The van der Waals surface area contributed by atoms with E-state index in [1.165, 1.54) is 11.3 Å². The molecule has 0 saturated carbocycles. The topological polar surface area (TPSA) is 58.2 Å². The van der Waals surface area contributed by atoms with Gasteiger partial charge in [-0.25, -0.2) is 13.1 Å². The summed E-state index contributed by atoms with van der Waals surface area (Å²) in [7, 11) is -1.49. The van der Waals surface area contributed by atoms with Crippen LogP contribution in [-0.4, -0.2) is 21.5 Å². The van der Waals surface area contributed by atoms with Gasteiger partial charge in [-0.2, -0.15) is 0 Å². The average molecular weight is 262 g/mol. The van der Waals surface area contributed by atoms with E-state index >= 15 is 0 Å². The normalized spacial score (nSPS) is 12.3. The molecule has 0 radical (unpaired) electrons. The SMILES string of the molecule is CNCc1sc(S(=O)(=O)NC(C)C)cc1C. The van der Waals surface area contributed by atoms with Gasteiger partial charge < -0.3 is 5.32 Å². The first-order valence-corrected chi connectivity index (χ1v) is 7.43. The fraction of sp³-hybridized carbons (Fsp3) is 0.600. The maximum Gasteiger partial charge on any atom is 0.250 e. The van der Waals surface area contributed by atoms with Crippen molar-refractivity contribution in [1.29, 1.82) is 0 Å². The molecule has 1 heterocycles. The third kappa shape index (κ3) is 3.28. The lowest BCUT2D eigenvalue weighted by Gasteiger charge is -2.06. The zero-order valence-corrected chi connectivity index (χ0v) is 11.6. The van der Waals surface area contributed by atoms with Crippen LogP contribution in [0.25, 0.3) is 0 Å². The maximum atomic E-state index is 11.9. The van der Waals surface area contributed by atoms with E-state index in [0.717, 1.165) is 10.4 Å². The first-order valence-electron chi connectivity index (χ1n) is 5.13. The van der Waals surface area contributed by atoms with Crippen LogP contribution in [0.3, 0.4) is 0 Å². The maximum absolute atomic E-state index is 11.9. The van der Waals surface area contributed by atoms with Crippen molar-refractivity contribution in [2.75, 3.05) is 7.05 Å². The molecule has 0 fully saturated rings. The third-order valence-electron chi connectivity index (χ3n) is 1.99. The minimum absolute atomic E-state index is 0.0832. The van der Waals surface area contributed by atoms with E-state index in [4.69, 9.17) is 0 Å². The van der Waals surface area contributed by atoms with Crippen LogP contribution in [0, 0.1) is 6.92 Å². The Hall–Kier alpha value is -0.430. The summed E-state index contributed by atoms with van der Waals surface area (Å²) in [5.74, 6) is 0. The number of sulfonamides is 1. The highest BCUT2D eigenvalue weighted by Gasteiger charge is 2.19. The molecule has 1 aromatic heterocycles. The minimum atomic E-state index is -3.34. The molecule has 0 amide bonds. The molecule has 2 N–H and O–H groups in total. The van der Waals surface area contributed by atoms with Crippen LogP contribution < -0.4 is 10.0 Å². The first kappa shape index (κ1) is 13.6. The smallest absolute Gasteiger partial charge is 0.250 e. The van der Waals surface area contributed by atoms with Crippen molar-refractivity contribution in [3.63, 3.8) is 0 Å². The standard InChI is InChI=1S/C10H18N2O2S2/c1-7(2)12-16(13,14)10-5-8(3)9(15-10)6-11-4/h5,7,11-12H,6H2,1-4H3. The van der Waals surface area contributed by atoms with Gasteiger partial charge in [-0.3, -0.25) is 0 Å².